The lowest BCUT2D eigenvalue weighted by molar-refractivity contribution is -0.164. The first-order valence-electron chi connectivity index (χ1n) is 9.45. The molecular weight excluding hydrogens is 360 g/mol. The molecule has 0 spiro atoms. The molecule has 28 heavy (non-hydrogen) atoms. The van der Waals surface area contributed by atoms with Gasteiger partial charge >= 0.3 is 5.97 Å². The first-order chi connectivity index (χ1) is 13.3. The van der Waals surface area contributed by atoms with Crippen LogP contribution in [0.15, 0.2) is 24.3 Å². The monoisotopic (exact) mass is 390 g/mol. The highest BCUT2D eigenvalue weighted by Crippen LogP contribution is 2.28. The molecule has 2 unspecified atom stereocenters. The van der Waals surface area contributed by atoms with Crippen LogP contribution in [0.5, 0.6) is 5.75 Å². The molecule has 1 aromatic carbocycles. The van der Waals surface area contributed by atoms with Crippen molar-refractivity contribution >= 4 is 17.6 Å². The van der Waals surface area contributed by atoms with E-state index in [4.69, 9.17) is 19.5 Å². The quantitative estimate of drug-likeness (QED) is 0.539. The first kappa shape index (κ1) is 23.4. The van der Waals surface area contributed by atoms with Crippen molar-refractivity contribution in [3.05, 3.63) is 24.3 Å². The van der Waals surface area contributed by atoms with E-state index >= 15 is 0 Å². The van der Waals surface area contributed by atoms with Gasteiger partial charge in [-0.2, -0.15) is 5.26 Å². The van der Waals surface area contributed by atoms with Crippen molar-refractivity contribution in [2.45, 2.75) is 52.7 Å². The number of para-hydroxylation sites is 2. The second-order valence-corrected chi connectivity index (χ2v) is 6.84. The van der Waals surface area contributed by atoms with Gasteiger partial charge in [-0.05, 0) is 38.3 Å². The normalized spacial score (nSPS) is 12.8. The Morgan fingerprint density at radius 3 is 2.43 bits per heavy atom. The molecule has 0 bridgehead atoms. The summed E-state index contributed by atoms with van der Waals surface area (Å²) in [5.74, 6) is -0.0525. The van der Waals surface area contributed by atoms with E-state index in [2.05, 4.69) is 13.8 Å². The molecular formula is C21H30N2O5. The second kappa shape index (κ2) is 12.0. The Balaban J connectivity index is 2.82. The van der Waals surface area contributed by atoms with Gasteiger partial charge in [0.15, 0.2) is 12.2 Å². The SMILES string of the molecule is COc1ccccc1N(CCC#N)C(=O)C(C)OC(=O)C(C)OCCC(C)C. The van der Waals surface area contributed by atoms with E-state index in [1.165, 1.54) is 18.9 Å². The highest BCUT2D eigenvalue weighted by Gasteiger charge is 2.28. The molecule has 7 heteroatoms. The zero-order valence-electron chi connectivity index (χ0n) is 17.3. The third-order valence-corrected chi connectivity index (χ3v) is 4.12. The van der Waals surface area contributed by atoms with E-state index in [0.717, 1.165) is 6.42 Å². The summed E-state index contributed by atoms with van der Waals surface area (Å²) in [6.07, 6.45) is -0.804. The fraction of sp³-hybridized carbons (Fsp3) is 0.571. The minimum atomic E-state index is -1.02. The Morgan fingerprint density at radius 1 is 1.14 bits per heavy atom. The van der Waals surface area contributed by atoms with Crippen molar-refractivity contribution in [1.82, 2.24) is 0 Å². The first-order valence-corrected chi connectivity index (χ1v) is 9.45. The maximum absolute atomic E-state index is 12.9. The van der Waals surface area contributed by atoms with E-state index in [0.29, 0.717) is 24.0 Å². The number of nitriles is 1. The number of carbonyl (C=O) groups is 2. The molecule has 0 saturated heterocycles. The summed E-state index contributed by atoms with van der Waals surface area (Å²) in [5.41, 5.74) is 0.523. The minimum absolute atomic E-state index is 0.138. The minimum Gasteiger partial charge on any atom is -0.495 e. The lowest BCUT2D eigenvalue weighted by Crippen LogP contribution is -2.42. The number of rotatable bonds is 11. The van der Waals surface area contributed by atoms with E-state index in [9.17, 15) is 9.59 Å². The molecule has 0 aromatic heterocycles. The Labute approximate surface area is 167 Å². The molecule has 0 radical (unpaired) electrons. The van der Waals surface area contributed by atoms with Crippen molar-refractivity contribution in [2.75, 3.05) is 25.2 Å². The topological polar surface area (TPSA) is 88.9 Å². The zero-order valence-corrected chi connectivity index (χ0v) is 17.3. The zero-order chi connectivity index (χ0) is 21.1. The molecule has 1 rings (SSSR count). The van der Waals surface area contributed by atoms with Crippen molar-refractivity contribution in [2.24, 2.45) is 5.92 Å². The molecule has 0 aliphatic carbocycles. The third kappa shape index (κ3) is 7.20. The number of nitrogens with zero attached hydrogens (tertiary/aromatic N) is 2. The summed E-state index contributed by atoms with van der Waals surface area (Å²) in [5, 5.41) is 8.93. The van der Waals surface area contributed by atoms with Crippen molar-refractivity contribution in [3.8, 4) is 11.8 Å². The van der Waals surface area contributed by atoms with Gasteiger partial charge in [0.1, 0.15) is 5.75 Å². The Hall–Kier alpha value is -2.59. The number of benzene rings is 1. The van der Waals surface area contributed by atoms with Gasteiger partial charge in [0.05, 0.1) is 25.3 Å². The van der Waals surface area contributed by atoms with Crippen LogP contribution in [-0.4, -0.2) is 44.3 Å². The van der Waals surface area contributed by atoms with E-state index in [-0.39, 0.29) is 13.0 Å². The van der Waals surface area contributed by atoms with Crippen LogP contribution < -0.4 is 9.64 Å². The van der Waals surface area contributed by atoms with Gasteiger partial charge in [-0.25, -0.2) is 4.79 Å². The Bertz CT molecular complexity index is 684. The standard InChI is InChI=1S/C21H30N2O5/c1-15(2)11-14-27-17(4)21(25)28-16(3)20(24)23(13-8-12-22)18-9-6-7-10-19(18)26-5/h6-7,9-10,15-17H,8,11,13-14H2,1-5H3. The average molecular weight is 390 g/mol. The van der Waals surface area contributed by atoms with Crippen LogP contribution in [-0.2, 0) is 19.1 Å². The van der Waals surface area contributed by atoms with Gasteiger partial charge < -0.3 is 19.1 Å². The highest BCUT2D eigenvalue weighted by molar-refractivity contribution is 5.98. The molecule has 0 aliphatic heterocycles. The maximum atomic E-state index is 12.9. The number of methoxy groups -OCH3 is 1. The lowest BCUT2D eigenvalue weighted by Gasteiger charge is -2.27. The molecule has 0 fully saturated rings. The smallest absolute Gasteiger partial charge is 0.335 e. The third-order valence-electron chi connectivity index (χ3n) is 4.12. The number of anilines is 1. The number of carbonyl (C=O) groups excluding carboxylic acids is 2. The van der Waals surface area contributed by atoms with Gasteiger partial charge in [0.2, 0.25) is 0 Å². The molecule has 7 nitrogen and oxygen atoms in total. The summed E-state index contributed by atoms with van der Waals surface area (Å²) in [7, 11) is 1.51. The molecule has 1 amide bonds. The summed E-state index contributed by atoms with van der Waals surface area (Å²) in [6.45, 7) is 7.87. The van der Waals surface area contributed by atoms with Crippen LogP contribution in [0.2, 0.25) is 0 Å². The highest BCUT2D eigenvalue weighted by atomic mass is 16.6. The van der Waals surface area contributed by atoms with Gasteiger partial charge in [0.25, 0.3) is 5.91 Å². The number of esters is 1. The molecule has 0 heterocycles. The molecule has 0 N–H and O–H groups in total. The van der Waals surface area contributed by atoms with Crippen LogP contribution in [0.3, 0.4) is 0 Å². The fourth-order valence-corrected chi connectivity index (χ4v) is 2.45. The summed E-state index contributed by atoms with van der Waals surface area (Å²) < 4.78 is 16.1. The number of amides is 1. The van der Waals surface area contributed by atoms with Crippen molar-refractivity contribution < 1.29 is 23.8 Å². The fourth-order valence-electron chi connectivity index (χ4n) is 2.45. The molecule has 2 atom stereocenters. The number of hydrogen-bond acceptors (Lipinski definition) is 6. The Kier molecular flexibility index (Phi) is 10.0. The van der Waals surface area contributed by atoms with Gasteiger partial charge in [-0.1, -0.05) is 26.0 Å². The lowest BCUT2D eigenvalue weighted by atomic mass is 10.1. The Morgan fingerprint density at radius 2 is 1.82 bits per heavy atom. The second-order valence-electron chi connectivity index (χ2n) is 6.84. The van der Waals surface area contributed by atoms with Crippen LogP contribution in [0, 0.1) is 17.2 Å². The summed E-state index contributed by atoms with van der Waals surface area (Å²) in [6, 6.07) is 9.03. The molecule has 154 valence electrons. The summed E-state index contributed by atoms with van der Waals surface area (Å²) >= 11 is 0. The summed E-state index contributed by atoms with van der Waals surface area (Å²) in [4.78, 5) is 26.6. The van der Waals surface area contributed by atoms with Crippen LogP contribution in [0.1, 0.15) is 40.5 Å². The number of ether oxygens (including phenoxy) is 3. The van der Waals surface area contributed by atoms with E-state index in [1.807, 2.05) is 6.07 Å². The van der Waals surface area contributed by atoms with Crippen LogP contribution >= 0.6 is 0 Å². The van der Waals surface area contributed by atoms with Gasteiger partial charge in [0, 0.05) is 13.2 Å². The van der Waals surface area contributed by atoms with E-state index < -0.39 is 24.1 Å². The molecule has 0 aliphatic rings. The van der Waals surface area contributed by atoms with E-state index in [1.54, 1.807) is 31.2 Å². The van der Waals surface area contributed by atoms with Crippen LogP contribution in [0.4, 0.5) is 5.69 Å². The van der Waals surface area contributed by atoms with Crippen LogP contribution in [0.25, 0.3) is 0 Å². The number of hydrogen-bond donors (Lipinski definition) is 0. The van der Waals surface area contributed by atoms with Crippen molar-refractivity contribution in [3.63, 3.8) is 0 Å². The molecule has 1 aromatic rings. The molecule has 0 saturated carbocycles. The maximum Gasteiger partial charge on any atom is 0.335 e. The average Bonchev–Trinajstić information content (AvgIpc) is 2.67. The predicted molar refractivity (Wildman–Crippen MR) is 106 cm³/mol. The van der Waals surface area contributed by atoms with Gasteiger partial charge in [-0.15, -0.1) is 0 Å². The van der Waals surface area contributed by atoms with Crippen molar-refractivity contribution in [1.29, 1.82) is 5.26 Å². The van der Waals surface area contributed by atoms with Gasteiger partial charge in [-0.3, -0.25) is 4.79 Å². The largest absolute Gasteiger partial charge is 0.495 e. The predicted octanol–water partition coefficient (Wildman–Crippen LogP) is 3.32.